The molecule has 1 aliphatic rings. The van der Waals surface area contributed by atoms with Crippen LogP contribution < -0.4 is 18.9 Å². The van der Waals surface area contributed by atoms with E-state index in [2.05, 4.69) is 0 Å². The normalized spacial score (nSPS) is 11.9. The van der Waals surface area contributed by atoms with Crippen LogP contribution in [-0.4, -0.2) is 34.2 Å². The van der Waals surface area contributed by atoms with Gasteiger partial charge in [0.25, 0.3) is 0 Å². The van der Waals surface area contributed by atoms with Gasteiger partial charge in [0.2, 0.25) is 28.8 Å². The number of carbonyl (C=O) groups excluding carboxylic acids is 1. The molecule has 9 heteroatoms. The first-order chi connectivity index (χ1) is 12.3. The molecule has 5 nitrogen and oxygen atoms in total. The lowest BCUT2D eigenvalue weighted by Gasteiger charge is -2.15. The molecule has 2 aromatic rings. The summed E-state index contributed by atoms with van der Waals surface area (Å²) < 4.78 is 78.3. The second kappa shape index (κ2) is 6.08. The molecule has 3 rings (SSSR count). The molecule has 26 heavy (non-hydrogen) atoms. The maximum absolute atomic E-state index is 14.9. The van der Waals surface area contributed by atoms with Crippen LogP contribution in [0.25, 0.3) is 11.1 Å². The van der Waals surface area contributed by atoms with E-state index in [0.717, 1.165) is 28.4 Å². The smallest absolute Gasteiger partial charge is 0.200 e. The molecule has 0 atom stereocenters. The Labute approximate surface area is 145 Å². The maximum atomic E-state index is 14.9. The van der Waals surface area contributed by atoms with Crippen molar-refractivity contribution in [3.63, 3.8) is 0 Å². The molecule has 0 N–H and O–H groups in total. The summed E-state index contributed by atoms with van der Waals surface area (Å²) >= 11 is 0. The Morgan fingerprint density at radius 3 is 0.962 bits per heavy atom. The number of methoxy groups -OCH3 is 4. The lowest BCUT2D eigenvalue weighted by atomic mass is 10.0. The third-order valence-corrected chi connectivity index (χ3v) is 4.11. The summed E-state index contributed by atoms with van der Waals surface area (Å²) in [6.07, 6.45) is 0. The number of hydrogen-bond donors (Lipinski definition) is 0. The van der Waals surface area contributed by atoms with E-state index in [1.807, 2.05) is 0 Å². The zero-order valence-corrected chi connectivity index (χ0v) is 14.1. The van der Waals surface area contributed by atoms with Crippen molar-refractivity contribution in [1.82, 2.24) is 0 Å². The Hall–Kier alpha value is -2.97. The fourth-order valence-corrected chi connectivity index (χ4v) is 3.04. The minimum absolute atomic E-state index is 0.681. The van der Waals surface area contributed by atoms with Crippen molar-refractivity contribution in [2.24, 2.45) is 0 Å². The summed E-state index contributed by atoms with van der Waals surface area (Å²) in [4.78, 5) is 12.6. The number of ketones is 1. The Bertz CT molecular complexity index is 880. The van der Waals surface area contributed by atoms with Crippen molar-refractivity contribution in [2.75, 3.05) is 28.4 Å². The van der Waals surface area contributed by atoms with E-state index in [1.165, 1.54) is 0 Å². The second-order valence-electron chi connectivity index (χ2n) is 5.22. The van der Waals surface area contributed by atoms with E-state index in [4.69, 9.17) is 18.9 Å². The van der Waals surface area contributed by atoms with Crippen LogP contribution in [0.3, 0.4) is 0 Å². The van der Waals surface area contributed by atoms with Crippen molar-refractivity contribution in [3.8, 4) is 34.1 Å². The molecule has 0 saturated carbocycles. The average Bonchev–Trinajstić information content (AvgIpc) is 2.94. The molecule has 0 saturated heterocycles. The molecule has 0 aromatic heterocycles. The summed E-state index contributed by atoms with van der Waals surface area (Å²) in [7, 11) is 4.14. The number of ether oxygens (including phenoxy) is 4. The minimum atomic E-state index is -1.29. The largest absolute Gasteiger partial charge is 0.490 e. The number of benzene rings is 2. The van der Waals surface area contributed by atoms with Gasteiger partial charge in [0.15, 0.2) is 23.3 Å². The first-order valence-corrected chi connectivity index (χ1v) is 7.16. The summed E-state index contributed by atoms with van der Waals surface area (Å²) in [6, 6.07) is 0. The van der Waals surface area contributed by atoms with Crippen molar-refractivity contribution in [1.29, 1.82) is 0 Å². The second-order valence-corrected chi connectivity index (χ2v) is 5.22. The van der Waals surface area contributed by atoms with E-state index in [1.54, 1.807) is 0 Å². The molecule has 138 valence electrons. The standard InChI is InChI=1S/C17H12F4O5/c1-23-14-9(18)5-6-8(13(22)7(5)11(20)16(14)25-3)12(21)17(26-4)15(24-2)10(6)19/h1-4H3. The Balaban J connectivity index is 2.54. The fraction of sp³-hybridized carbons (Fsp3) is 0.235. The minimum Gasteiger partial charge on any atom is -0.490 e. The molecular formula is C17H12F4O5. The number of halogens is 4. The van der Waals surface area contributed by atoms with Crippen LogP contribution in [0.15, 0.2) is 0 Å². The van der Waals surface area contributed by atoms with Gasteiger partial charge in [-0.2, -0.15) is 0 Å². The summed E-state index contributed by atoms with van der Waals surface area (Å²) in [5.74, 6) is -9.11. The molecule has 0 fully saturated rings. The lowest BCUT2D eigenvalue weighted by molar-refractivity contribution is 0.103. The van der Waals surface area contributed by atoms with E-state index in [9.17, 15) is 22.4 Å². The van der Waals surface area contributed by atoms with Crippen LogP contribution in [0, 0.1) is 23.3 Å². The third kappa shape index (κ3) is 2.00. The number of fused-ring (bicyclic) bond motifs is 3. The van der Waals surface area contributed by atoms with E-state index in [-0.39, 0.29) is 0 Å². The lowest BCUT2D eigenvalue weighted by Crippen LogP contribution is -2.07. The van der Waals surface area contributed by atoms with Crippen LogP contribution in [0.1, 0.15) is 15.9 Å². The van der Waals surface area contributed by atoms with Gasteiger partial charge >= 0.3 is 0 Å². The fourth-order valence-electron chi connectivity index (χ4n) is 3.04. The quantitative estimate of drug-likeness (QED) is 0.657. The molecule has 2 aromatic carbocycles. The first kappa shape index (κ1) is 17.8. The Kier molecular flexibility index (Phi) is 4.17. The third-order valence-electron chi connectivity index (χ3n) is 4.11. The van der Waals surface area contributed by atoms with E-state index < -0.39 is 74.3 Å². The summed E-state index contributed by atoms with van der Waals surface area (Å²) in [6.45, 7) is 0. The molecule has 0 heterocycles. The number of rotatable bonds is 4. The van der Waals surface area contributed by atoms with Gasteiger partial charge in [0, 0.05) is 11.1 Å². The van der Waals surface area contributed by atoms with E-state index in [0.29, 0.717) is 0 Å². The van der Waals surface area contributed by atoms with Gasteiger partial charge in [-0.25, -0.2) is 17.6 Å². The van der Waals surface area contributed by atoms with Gasteiger partial charge in [-0.15, -0.1) is 0 Å². The molecule has 0 aliphatic heterocycles. The van der Waals surface area contributed by atoms with Gasteiger partial charge in [-0.05, 0) is 0 Å². The average molecular weight is 372 g/mol. The summed E-state index contributed by atoms with van der Waals surface area (Å²) in [5.41, 5.74) is -3.25. The molecule has 0 amide bonds. The highest BCUT2D eigenvalue weighted by atomic mass is 19.1. The molecule has 0 spiro atoms. The van der Waals surface area contributed by atoms with Gasteiger partial charge in [-0.3, -0.25) is 4.79 Å². The highest BCUT2D eigenvalue weighted by Gasteiger charge is 2.44. The molecular weight excluding hydrogens is 360 g/mol. The van der Waals surface area contributed by atoms with Crippen molar-refractivity contribution in [3.05, 3.63) is 34.4 Å². The van der Waals surface area contributed by atoms with Gasteiger partial charge in [-0.1, -0.05) is 0 Å². The zero-order chi connectivity index (χ0) is 19.3. The van der Waals surface area contributed by atoms with Crippen LogP contribution in [0.4, 0.5) is 17.6 Å². The maximum Gasteiger partial charge on any atom is 0.200 e. The van der Waals surface area contributed by atoms with Crippen molar-refractivity contribution in [2.45, 2.75) is 0 Å². The van der Waals surface area contributed by atoms with Crippen LogP contribution >= 0.6 is 0 Å². The van der Waals surface area contributed by atoms with Crippen molar-refractivity contribution >= 4 is 5.78 Å². The molecule has 0 bridgehead atoms. The zero-order valence-electron chi connectivity index (χ0n) is 14.1. The predicted molar refractivity (Wildman–Crippen MR) is 81.4 cm³/mol. The number of hydrogen-bond acceptors (Lipinski definition) is 5. The summed E-state index contributed by atoms with van der Waals surface area (Å²) in [5, 5.41) is 0. The predicted octanol–water partition coefficient (Wildman–Crippen LogP) is 3.49. The highest BCUT2D eigenvalue weighted by molar-refractivity contribution is 6.23. The van der Waals surface area contributed by atoms with E-state index >= 15 is 0 Å². The monoisotopic (exact) mass is 372 g/mol. The molecule has 1 aliphatic carbocycles. The SMILES string of the molecule is COc1c(F)c2c(c(F)c1OC)-c1c(F)c(OC)c(OC)c(F)c1C2=O. The van der Waals surface area contributed by atoms with Crippen molar-refractivity contribution < 1.29 is 41.3 Å². The molecule has 0 unspecified atom stereocenters. The number of carbonyl (C=O) groups is 1. The van der Waals surface area contributed by atoms with Gasteiger partial charge in [0.1, 0.15) is 0 Å². The first-order valence-electron chi connectivity index (χ1n) is 7.16. The van der Waals surface area contributed by atoms with Gasteiger partial charge in [0.05, 0.1) is 39.6 Å². The van der Waals surface area contributed by atoms with Gasteiger partial charge < -0.3 is 18.9 Å². The Morgan fingerprint density at radius 1 is 0.500 bits per heavy atom. The van der Waals surface area contributed by atoms with Crippen LogP contribution in [0.2, 0.25) is 0 Å². The van der Waals surface area contributed by atoms with Crippen LogP contribution in [0.5, 0.6) is 23.0 Å². The van der Waals surface area contributed by atoms with Crippen LogP contribution in [-0.2, 0) is 0 Å². The Morgan fingerprint density at radius 2 is 0.731 bits per heavy atom. The highest BCUT2D eigenvalue weighted by Crippen LogP contribution is 2.52. The molecule has 0 radical (unpaired) electrons. The topological polar surface area (TPSA) is 54.0 Å².